The Morgan fingerprint density at radius 2 is 1.75 bits per heavy atom. The Bertz CT molecular complexity index is 561. The number of aromatic amines is 1. The predicted molar refractivity (Wildman–Crippen MR) is 79.5 cm³/mol. The minimum Gasteiger partial charge on any atom is -0.326 e. The van der Waals surface area contributed by atoms with E-state index < -0.39 is 0 Å². The summed E-state index contributed by atoms with van der Waals surface area (Å²) < 4.78 is 0. The van der Waals surface area contributed by atoms with Crippen LogP contribution >= 0.6 is 0 Å². The van der Waals surface area contributed by atoms with E-state index in [0.29, 0.717) is 12.5 Å². The van der Waals surface area contributed by atoms with E-state index in [1.807, 2.05) is 6.92 Å². The topological polar surface area (TPSA) is 58.9 Å². The van der Waals surface area contributed by atoms with Gasteiger partial charge in [0.25, 0.3) is 5.56 Å². The van der Waals surface area contributed by atoms with Crippen molar-refractivity contribution in [2.24, 2.45) is 29.4 Å². The zero-order valence-corrected chi connectivity index (χ0v) is 12.2. The molecule has 3 nitrogen and oxygen atoms in total. The summed E-state index contributed by atoms with van der Waals surface area (Å²) in [6, 6.07) is 2.20. The van der Waals surface area contributed by atoms with Crippen molar-refractivity contribution >= 4 is 0 Å². The van der Waals surface area contributed by atoms with Crippen LogP contribution in [0.5, 0.6) is 0 Å². The number of hydrogen-bond donors (Lipinski definition) is 2. The molecule has 0 spiro atoms. The average molecular weight is 272 g/mol. The van der Waals surface area contributed by atoms with Crippen LogP contribution in [0.3, 0.4) is 0 Å². The lowest BCUT2D eigenvalue weighted by Gasteiger charge is -2.55. The smallest absolute Gasteiger partial charge is 0.252 e. The van der Waals surface area contributed by atoms with Gasteiger partial charge in [0, 0.05) is 17.8 Å². The normalized spacial score (nSPS) is 38.4. The molecule has 1 aromatic rings. The summed E-state index contributed by atoms with van der Waals surface area (Å²) in [7, 11) is 0. The van der Waals surface area contributed by atoms with Gasteiger partial charge >= 0.3 is 0 Å². The lowest BCUT2D eigenvalue weighted by molar-refractivity contribution is -0.00312. The van der Waals surface area contributed by atoms with Gasteiger partial charge < -0.3 is 10.7 Å². The second-order valence-corrected chi connectivity index (χ2v) is 7.38. The maximum absolute atomic E-state index is 12.2. The fraction of sp³-hybridized carbons (Fsp3) is 0.706. The Kier molecular flexibility index (Phi) is 2.81. The summed E-state index contributed by atoms with van der Waals surface area (Å²) in [6.45, 7) is 2.36. The summed E-state index contributed by atoms with van der Waals surface area (Å²) in [5.41, 5.74) is 9.02. The van der Waals surface area contributed by atoms with Gasteiger partial charge in [-0.25, -0.2) is 0 Å². The van der Waals surface area contributed by atoms with Crippen LogP contribution in [0.15, 0.2) is 10.9 Å². The van der Waals surface area contributed by atoms with E-state index in [2.05, 4.69) is 11.1 Å². The molecule has 4 saturated carbocycles. The standard InChI is InChI=1S/C17H24N2O/c1-9-2-14(15(8-18)17(20)19-9)16-12-4-10-3-11(6-12)7-13(16)5-10/h2,10-13,16H,3-8,18H2,1H3,(H,19,20). The molecule has 108 valence electrons. The van der Waals surface area contributed by atoms with Crippen molar-refractivity contribution in [2.45, 2.75) is 51.5 Å². The first-order valence-electron chi connectivity index (χ1n) is 8.08. The summed E-state index contributed by atoms with van der Waals surface area (Å²) in [5.74, 6) is 4.15. The van der Waals surface area contributed by atoms with Gasteiger partial charge in [0.1, 0.15) is 0 Å². The van der Waals surface area contributed by atoms with Gasteiger partial charge in [0.2, 0.25) is 0 Å². The lowest BCUT2D eigenvalue weighted by Crippen LogP contribution is -2.44. The van der Waals surface area contributed by atoms with Gasteiger partial charge in [-0.15, -0.1) is 0 Å². The number of rotatable bonds is 2. The number of aryl methyl sites for hydroxylation is 1. The van der Waals surface area contributed by atoms with E-state index in [-0.39, 0.29) is 5.56 Å². The van der Waals surface area contributed by atoms with Crippen molar-refractivity contribution in [1.82, 2.24) is 4.98 Å². The van der Waals surface area contributed by atoms with E-state index in [0.717, 1.165) is 34.9 Å². The molecule has 0 aromatic carbocycles. The van der Waals surface area contributed by atoms with Gasteiger partial charge in [-0.05, 0) is 80.2 Å². The molecule has 0 unspecified atom stereocenters. The predicted octanol–water partition coefficient (Wildman–Crippen LogP) is 2.68. The van der Waals surface area contributed by atoms with Crippen molar-refractivity contribution in [1.29, 1.82) is 0 Å². The number of nitrogens with one attached hydrogen (secondary N) is 1. The average Bonchev–Trinajstić information content (AvgIpc) is 2.36. The SMILES string of the molecule is Cc1cc(C2C3CC4CC(C3)CC2C4)c(CN)c(=O)[nH]1. The Morgan fingerprint density at radius 1 is 1.15 bits per heavy atom. The van der Waals surface area contributed by atoms with Crippen LogP contribution in [-0.4, -0.2) is 4.98 Å². The molecular formula is C17H24N2O. The van der Waals surface area contributed by atoms with Gasteiger partial charge in [0.05, 0.1) is 0 Å². The number of H-pyrrole nitrogens is 1. The van der Waals surface area contributed by atoms with Crippen LogP contribution in [0.25, 0.3) is 0 Å². The molecule has 0 aliphatic heterocycles. The molecule has 3 N–H and O–H groups in total. The Morgan fingerprint density at radius 3 is 2.30 bits per heavy atom. The van der Waals surface area contributed by atoms with Gasteiger partial charge in [-0.1, -0.05) is 0 Å². The van der Waals surface area contributed by atoms with Crippen molar-refractivity contribution in [3.63, 3.8) is 0 Å². The van der Waals surface area contributed by atoms with E-state index in [9.17, 15) is 4.79 Å². The molecule has 0 radical (unpaired) electrons. The molecule has 0 atom stereocenters. The molecule has 0 amide bonds. The molecule has 4 fully saturated rings. The third kappa shape index (κ3) is 1.79. The Labute approximate surface area is 120 Å². The second-order valence-electron chi connectivity index (χ2n) is 7.38. The molecule has 4 aliphatic rings. The lowest BCUT2D eigenvalue weighted by atomic mass is 9.50. The number of hydrogen-bond acceptors (Lipinski definition) is 2. The van der Waals surface area contributed by atoms with Gasteiger partial charge in [-0.3, -0.25) is 4.79 Å². The molecule has 5 rings (SSSR count). The molecular weight excluding hydrogens is 248 g/mol. The monoisotopic (exact) mass is 272 g/mol. The minimum absolute atomic E-state index is 0.0382. The van der Waals surface area contributed by atoms with E-state index in [4.69, 9.17) is 5.73 Å². The third-order valence-electron chi connectivity index (χ3n) is 6.10. The summed E-state index contributed by atoms with van der Waals surface area (Å²) >= 11 is 0. The molecule has 4 aliphatic carbocycles. The zero-order chi connectivity index (χ0) is 13.9. The third-order valence-corrected chi connectivity index (χ3v) is 6.10. The first kappa shape index (κ1) is 12.6. The molecule has 3 heteroatoms. The highest BCUT2D eigenvalue weighted by Crippen LogP contribution is 2.59. The Hall–Kier alpha value is -1.09. The molecule has 4 bridgehead atoms. The largest absolute Gasteiger partial charge is 0.326 e. The Balaban J connectivity index is 1.80. The van der Waals surface area contributed by atoms with E-state index in [1.54, 1.807) is 0 Å². The van der Waals surface area contributed by atoms with Crippen molar-refractivity contribution in [2.75, 3.05) is 0 Å². The first-order valence-corrected chi connectivity index (χ1v) is 8.08. The van der Waals surface area contributed by atoms with Crippen LogP contribution in [0, 0.1) is 30.6 Å². The van der Waals surface area contributed by atoms with Gasteiger partial charge in [-0.2, -0.15) is 0 Å². The van der Waals surface area contributed by atoms with E-state index >= 15 is 0 Å². The maximum Gasteiger partial charge on any atom is 0.252 e. The summed E-state index contributed by atoms with van der Waals surface area (Å²) in [5, 5.41) is 0. The number of aromatic nitrogens is 1. The minimum atomic E-state index is 0.0382. The molecule has 0 saturated heterocycles. The highest BCUT2D eigenvalue weighted by atomic mass is 16.1. The summed E-state index contributed by atoms with van der Waals surface area (Å²) in [6.07, 6.45) is 7.00. The number of pyridine rings is 1. The highest BCUT2D eigenvalue weighted by Gasteiger charge is 2.49. The second kappa shape index (κ2) is 4.45. The van der Waals surface area contributed by atoms with Gasteiger partial charge in [0.15, 0.2) is 0 Å². The van der Waals surface area contributed by atoms with Crippen LogP contribution in [0.1, 0.15) is 54.8 Å². The fourth-order valence-electron chi connectivity index (χ4n) is 5.68. The van der Waals surface area contributed by atoms with Crippen LogP contribution in [-0.2, 0) is 6.54 Å². The highest BCUT2D eigenvalue weighted by molar-refractivity contribution is 5.32. The first-order chi connectivity index (χ1) is 9.65. The molecule has 1 heterocycles. The van der Waals surface area contributed by atoms with Crippen LogP contribution in [0.4, 0.5) is 0 Å². The van der Waals surface area contributed by atoms with Crippen molar-refractivity contribution in [3.8, 4) is 0 Å². The molecule has 1 aromatic heterocycles. The number of nitrogens with two attached hydrogens (primary N) is 1. The van der Waals surface area contributed by atoms with E-state index in [1.165, 1.54) is 37.7 Å². The quantitative estimate of drug-likeness (QED) is 0.869. The molecule has 20 heavy (non-hydrogen) atoms. The maximum atomic E-state index is 12.2. The fourth-order valence-corrected chi connectivity index (χ4v) is 5.68. The van der Waals surface area contributed by atoms with Crippen molar-refractivity contribution in [3.05, 3.63) is 33.2 Å². The van der Waals surface area contributed by atoms with Crippen LogP contribution < -0.4 is 11.3 Å². The van der Waals surface area contributed by atoms with Crippen LogP contribution in [0.2, 0.25) is 0 Å². The zero-order valence-electron chi connectivity index (χ0n) is 12.2. The summed E-state index contributed by atoms with van der Waals surface area (Å²) in [4.78, 5) is 15.1. The van der Waals surface area contributed by atoms with Crippen molar-refractivity contribution < 1.29 is 0 Å².